The van der Waals surface area contributed by atoms with E-state index in [2.05, 4.69) is 10.1 Å². The number of carbonyl (C=O) groups excluding carboxylic acids is 1. The Labute approximate surface area is 168 Å². The molecule has 1 fully saturated rings. The van der Waals surface area contributed by atoms with Crippen LogP contribution in [-0.2, 0) is 18.4 Å². The molecule has 0 spiro atoms. The van der Waals surface area contributed by atoms with Gasteiger partial charge < -0.3 is 9.64 Å². The molecule has 29 heavy (non-hydrogen) atoms. The molecular weight excluding hydrogens is 373 g/mol. The molecule has 0 N–H and O–H groups in total. The van der Waals surface area contributed by atoms with Crippen LogP contribution in [0.25, 0.3) is 11.3 Å². The molecule has 7 nitrogen and oxygen atoms in total. The molecule has 0 unspecified atom stereocenters. The number of benzene rings is 1. The number of nitrogens with zero attached hydrogens (tertiary/aromatic N) is 5. The van der Waals surface area contributed by atoms with E-state index in [-0.39, 0.29) is 24.4 Å². The molecule has 0 radical (unpaired) electrons. The monoisotopic (exact) mass is 395 g/mol. The smallest absolute Gasteiger partial charge is 0.410 e. The summed E-state index contributed by atoms with van der Waals surface area (Å²) in [7, 11) is 1.87. The van der Waals surface area contributed by atoms with Crippen LogP contribution < -0.4 is 0 Å². The highest BCUT2D eigenvalue weighted by molar-refractivity contribution is 5.67. The minimum absolute atomic E-state index is 0.134. The molecule has 8 heteroatoms. The van der Waals surface area contributed by atoms with Gasteiger partial charge in [0.2, 0.25) is 0 Å². The van der Waals surface area contributed by atoms with Crippen LogP contribution in [0.5, 0.6) is 0 Å². The maximum absolute atomic E-state index is 12.9. The minimum Gasteiger partial charge on any atom is -0.445 e. The van der Waals surface area contributed by atoms with E-state index in [0.29, 0.717) is 13.1 Å². The van der Waals surface area contributed by atoms with Crippen LogP contribution in [0.2, 0.25) is 0 Å². The highest BCUT2D eigenvalue weighted by atomic mass is 19.1. The predicted molar refractivity (Wildman–Crippen MR) is 104 cm³/mol. The van der Waals surface area contributed by atoms with Crippen molar-refractivity contribution in [1.82, 2.24) is 24.6 Å². The Balaban J connectivity index is 1.32. The molecule has 0 bridgehead atoms. The Kier molecular flexibility index (Phi) is 5.50. The van der Waals surface area contributed by atoms with E-state index in [1.165, 1.54) is 12.1 Å². The number of hydrogen-bond donors (Lipinski definition) is 0. The molecule has 0 aliphatic carbocycles. The topological polar surface area (TPSA) is 73.1 Å². The average Bonchev–Trinajstić information content (AvgIpc) is 3.20. The van der Waals surface area contributed by atoms with Crippen LogP contribution in [0.3, 0.4) is 0 Å². The van der Waals surface area contributed by atoms with Gasteiger partial charge in [0, 0.05) is 44.0 Å². The van der Waals surface area contributed by atoms with Gasteiger partial charge in [-0.3, -0.25) is 4.68 Å². The van der Waals surface area contributed by atoms with Gasteiger partial charge >= 0.3 is 6.09 Å². The Hall–Kier alpha value is -3.29. The van der Waals surface area contributed by atoms with Gasteiger partial charge in [0.1, 0.15) is 18.2 Å². The normalized spacial score (nSPS) is 14.8. The number of amides is 1. The fraction of sp³-hybridized carbons (Fsp3) is 0.333. The van der Waals surface area contributed by atoms with E-state index in [1.807, 2.05) is 19.3 Å². The zero-order chi connectivity index (χ0) is 20.2. The molecule has 0 atom stereocenters. The third-order valence-electron chi connectivity index (χ3n) is 5.07. The number of likely N-dealkylation sites (tertiary alicyclic amines) is 1. The van der Waals surface area contributed by atoms with Gasteiger partial charge in [-0.05, 0) is 36.6 Å². The number of halogens is 1. The first kappa shape index (κ1) is 19.0. The largest absolute Gasteiger partial charge is 0.445 e. The van der Waals surface area contributed by atoms with Crippen molar-refractivity contribution in [3.05, 3.63) is 66.1 Å². The summed E-state index contributed by atoms with van der Waals surface area (Å²) in [5.41, 5.74) is 2.57. The number of rotatable bonds is 4. The maximum Gasteiger partial charge on any atom is 0.410 e. The Bertz CT molecular complexity index is 981. The van der Waals surface area contributed by atoms with Crippen LogP contribution in [0.15, 0.2) is 48.9 Å². The lowest BCUT2D eigenvalue weighted by Gasteiger charge is -2.30. The van der Waals surface area contributed by atoms with Crippen molar-refractivity contribution in [3.63, 3.8) is 0 Å². The van der Waals surface area contributed by atoms with Gasteiger partial charge in [0.25, 0.3) is 0 Å². The summed E-state index contributed by atoms with van der Waals surface area (Å²) >= 11 is 0. The number of carbonyl (C=O) groups is 1. The first-order valence-electron chi connectivity index (χ1n) is 9.56. The second-order valence-electron chi connectivity index (χ2n) is 7.15. The molecule has 1 aliphatic heterocycles. The fourth-order valence-corrected chi connectivity index (χ4v) is 3.42. The van der Waals surface area contributed by atoms with Gasteiger partial charge in [-0.1, -0.05) is 12.1 Å². The molecule has 3 aromatic rings. The number of aryl methyl sites for hydroxylation is 1. The predicted octanol–water partition coefficient (Wildman–Crippen LogP) is 3.53. The van der Waals surface area contributed by atoms with Crippen molar-refractivity contribution < 1.29 is 13.9 Å². The van der Waals surface area contributed by atoms with Crippen molar-refractivity contribution >= 4 is 6.09 Å². The van der Waals surface area contributed by atoms with Crippen molar-refractivity contribution in [2.75, 3.05) is 13.1 Å². The maximum atomic E-state index is 12.9. The number of ether oxygens (including phenoxy) is 1. The van der Waals surface area contributed by atoms with E-state index >= 15 is 0 Å². The van der Waals surface area contributed by atoms with Crippen LogP contribution >= 0.6 is 0 Å². The Morgan fingerprint density at radius 1 is 1.21 bits per heavy atom. The second kappa shape index (κ2) is 8.38. The van der Waals surface area contributed by atoms with Crippen LogP contribution in [0.1, 0.15) is 30.1 Å². The van der Waals surface area contributed by atoms with Gasteiger partial charge in [-0.25, -0.2) is 19.2 Å². The van der Waals surface area contributed by atoms with Crippen LogP contribution in [0, 0.1) is 5.82 Å². The van der Waals surface area contributed by atoms with E-state index < -0.39 is 0 Å². The molecule has 4 rings (SSSR count). The number of hydrogen-bond acceptors (Lipinski definition) is 5. The first-order valence-corrected chi connectivity index (χ1v) is 9.56. The molecular formula is C21H22FN5O2. The molecule has 0 saturated carbocycles. The third-order valence-corrected chi connectivity index (χ3v) is 5.07. The quantitative estimate of drug-likeness (QED) is 0.676. The van der Waals surface area contributed by atoms with E-state index in [9.17, 15) is 9.18 Å². The standard InChI is InChI=1S/C21H22FN5O2/c1-26-13-17(12-24-26)19-6-9-23-20(25-19)16-7-10-27(11-8-16)21(28)29-14-15-2-4-18(22)5-3-15/h2-6,9,12-13,16H,7-8,10-11,14H2,1H3. The van der Waals surface area contributed by atoms with Gasteiger partial charge in [-0.2, -0.15) is 5.10 Å². The van der Waals surface area contributed by atoms with Crippen LogP contribution in [0.4, 0.5) is 9.18 Å². The SMILES string of the molecule is Cn1cc(-c2ccnc(C3CCN(C(=O)OCc4ccc(F)cc4)CC3)n2)cn1. The second-order valence-corrected chi connectivity index (χ2v) is 7.15. The van der Waals surface area contributed by atoms with Crippen molar-refractivity contribution in [2.45, 2.75) is 25.4 Å². The summed E-state index contributed by atoms with van der Waals surface area (Å²) in [6.07, 6.45) is 6.69. The summed E-state index contributed by atoms with van der Waals surface area (Å²) in [5.74, 6) is 0.690. The zero-order valence-electron chi connectivity index (χ0n) is 16.2. The summed E-state index contributed by atoms with van der Waals surface area (Å²) < 4.78 is 20.0. The van der Waals surface area contributed by atoms with E-state index in [1.54, 1.807) is 34.1 Å². The molecule has 3 heterocycles. The lowest BCUT2D eigenvalue weighted by molar-refractivity contribution is 0.0866. The Morgan fingerprint density at radius 3 is 2.66 bits per heavy atom. The van der Waals surface area contributed by atoms with E-state index in [4.69, 9.17) is 9.72 Å². The summed E-state index contributed by atoms with van der Waals surface area (Å²) in [5, 5.41) is 4.19. The van der Waals surface area contributed by atoms with Crippen LogP contribution in [-0.4, -0.2) is 43.8 Å². The molecule has 1 aliphatic rings. The highest BCUT2D eigenvalue weighted by Gasteiger charge is 2.26. The molecule has 1 saturated heterocycles. The molecule has 2 aromatic heterocycles. The fourth-order valence-electron chi connectivity index (χ4n) is 3.42. The van der Waals surface area contributed by atoms with Crippen molar-refractivity contribution in [1.29, 1.82) is 0 Å². The Morgan fingerprint density at radius 2 is 1.97 bits per heavy atom. The lowest BCUT2D eigenvalue weighted by Crippen LogP contribution is -2.38. The first-order chi connectivity index (χ1) is 14.1. The molecule has 150 valence electrons. The summed E-state index contributed by atoms with van der Waals surface area (Å²) in [4.78, 5) is 23.2. The summed E-state index contributed by atoms with van der Waals surface area (Å²) in [6.45, 7) is 1.32. The van der Waals surface area contributed by atoms with Gasteiger partial charge in [0.05, 0.1) is 11.9 Å². The number of piperidine rings is 1. The number of aromatic nitrogens is 4. The zero-order valence-corrected chi connectivity index (χ0v) is 16.2. The highest BCUT2D eigenvalue weighted by Crippen LogP contribution is 2.27. The lowest BCUT2D eigenvalue weighted by atomic mass is 9.96. The molecule has 1 aromatic carbocycles. The molecule has 1 amide bonds. The minimum atomic E-state index is -0.349. The van der Waals surface area contributed by atoms with Crippen molar-refractivity contribution in [2.24, 2.45) is 7.05 Å². The third kappa shape index (κ3) is 4.59. The van der Waals surface area contributed by atoms with Crippen molar-refractivity contribution in [3.8, 4) is 11.3 Å². The summed E-state index contributed by atoms with van der Waals surface area (Å²) in [6, 6.07) is 7.81. The van der Waals surface area contributed by atoms with E-state index in [0.717, 1.165) is 35.5 Å². The van der Waals surface area contributed by atoms with Gasteiger partial charge in [-0.15, -0.1) is 0 Å². The van der Waals surface area contributed by atoms with Gasteiger partial charge in [0.15, 0.2) is 0 Å². The average molecular weight is 395 g/mol.